The number of ether oxygens (including phenoxy) is 1. The summed E-state index contributed by atoms with van der Waals surface area (Å²) >= 11 is 0. The van der Waals surface area contributed by atoms with Crippen molar-refractivity contribution < 1.29 is 19.1 Å². The van der Waals surface area contributed by atoms with E-state index >= 15 is 0 Å². The van der Waals surface area contributed by atoms with Crippen LogP contribution < -0.4 is 16.4 Å². The van der Waals surface area contributed by atoms with Crippen LogP contribution in [0.25, 0.3) is 0 Å². The van der Waals surface area contributed by atoms with Crippen molar-refractivity contribution in [2.75, 3.05) is 19.0 Å². The number of unbranched alkanes of at least 4 members (excludes halogenated alkanes) is 2. The van der Waals surface area contributed by atoms with Gasteiger partial charge >= 0.3 is 12.0 Å². The van der Waals surface area contributed by atoms with Gasteiger partial charge in [0, 0.05) is 18.7 Å². The molecule has 0 atom stereocenters. The van der Waals surface area contributed by atoms with E-state index in [0.29, 0.717) is 24.2 Å². The van der Waals surface area contributed by atoms with Gasteiger partial charge in [0.15, 0.2) is 0 Å². The number of hydrogen-bond donors (Lipinski definition) is 3. The van der Waals surface area contributed by atoms with Crippen LogP contribution in [0.1, 0.15) is 41.6 Å². The number of anilines is 1. The van der Waals surface area contributed by atoms with E-state index in [1.165, 1.54) is 7.11 Å². The van der Waals surface area contributed by atoms with Crippen LogP contribution in [0, 0.1) is 6.92 Å². The highest BCUT2D eigenvalue weighted by molar-refractivity contribution is 5.94. The summed E-state index contributed by atoms with van der Waals surface area (Å²) in [5.74, 6) is -0.489. The monoisotopic (exact) mass is 321 g/mol. The third kappa shape index (κ3) is 6.82. The van der Waals surface area contributed by atoms with Crippen molar-refractivity contribution in [3.05, 3.63) is 29.3 Å². The number of primary amides is 1. The van der Waals surface area contributed by atoms with E-state index in [4.69, 9.17) is 5.73 Å². The highest BCUT2D eigenvalue weighted by Crippen LogP contribution is 2.17. The van der Waals surface area contributed by atoms with E-state index in [-0.39, 0.29) is 5.91 Å². The number of hydrogen-bond acceptors (Lipinski definition) is 4. The number of benzene rings is 1. The molecule has 23 heavy (non-hydrogen) atoms. The molecule has 1 aromatic rings. The van der Waals surface area contributed by atoms with E-state index in [9.17, 15) is 14.4 Å². The summed E-state index contributed by atoms with van der Waals surface area (Å²) < 4.78 is 4.65. The second kappa shape index (κ2) is 9.45. The molecule has 0 aliphatic heterocycles. The molecule has 0 unspecified atom stereocenters. The minimum atomic E-state index is -0.534. The van der Waals surface area contributed by atoms with Crippen LogP contribution >= 0.6 is 0 Å². The van der Waals surface area contributed by atoms with Gasteiger partial charge in [0.2, 0.25) is 5.91 Å². The van der Waals surface area contributed by atoms with Gasteiger partial charge in [-0.15, -0.1) is 0 Å². The number of esters is 1. The summed E-state index contributed by atoms with van der Waals surface area (Å²) in [7, 11) is 1.33. The lowest BCUT2D eigenvalue weighted by Gasteiger charge is -2.10. The van der Waals surface area contributed by atoms with Gasteiger partial charge in [0.25, 0.3) is 0 Å². The third-order valence-corrected chi connectivity index (χ3v) is 3.30. The number of aryl methyl sites for hydroxylation is 1. The number of carbonyl (C=O) groups is 3. The highest BCUT2D eigenvalue weighted by atomic mass is 16.5. The Hall–Kier alpha value is -2.57. The fourth-order valence-corrected chi connectivity index (χ4v) is 2.06. The minimum absolute atomic E-state index is 0.0817. The molecule has 0 saturated carbocycles. The average molecular weight is 321 g/mol. The summed E-state index contributed by atoms with van der Waals surface area (Å²) in [6, 6.07) is 4.45. The summed E-state index contributed by atoms with van der Waals surface area (Å²) in [5, 5.41) is 5.32. The summed E-state index contributed by atoms with van der Waals surface area (Å²) in [6.07, 6.45) is 2.73. The Balaban J connectivity index is 2.37. The molecule has 0 bridgehead atoms. The maximum atomic E-state index is 11.9. The first-order valence-electron chi connectivity index (χ1n) is 7.46. The fraction of sp³-hybridized carbons (Fsp3) is 0.438. The SMILES string of the molecule is COC(=O)c1ccc(NC(=O)CCCCCNC(N)=O)c(C)c1. The van der Waals surface area contributed by atoms with E-state index < -0.39 is 12.0 Å². The van der Waals surface area contributed by atoms with Crippen molar-refractivity contribution in [1.29, 1.82) is 0 Å². The first-order valence-corrected chi connectivity index (χ1v) is 7.46. The maximum absolute atomic E-state index is 11.9. The summed E-state index contributed by atoms with van der Waals surface area (Å²) in [6.45, 7) is 2.34. The van der Waals surface area contributed by atoms with Crippen molar-refractivity contribution in [2.45, 2.75) is 32.6 Å². The lowest BCUT2D eigenvalue weighted by molar-refractivity contribution is -0.116. The van der Waals surface area contributed by atoms with Crippen molar-refractivity contribution in [2.24, 2.45) is 5.73 Å². The molecule has 0 heterocycles. The molecule has 0 spiro atoms. The molecule has 0 aromatic heterocycles. The Kier molecular flexibility index (Phi) is 7.59. The zero-order chi connectivity index (χ0) is 17.2. The summed E-state index contributed by atoms with van der Waals surface area (Å²) in [4.78, 5) is 33.8. The Morgan fingerprint density at radius 1 is 1.17 bits per heavy atom. The molecular weight excluding hydrogens is 298 g/mol. The fourth-order valence-electron chi connectivity index (χ4n) is 2.06. The van der Waals surface area contributed by atoms with Crippen molar-refractivity contribution in [1.82, 2.24) is 5.32 Å². The molecule has 7 heteroatoms. The Labute approximate surface area is 135 Å². The second-order valence-corrected chi connectivity index (χ2v) is 5.17. The second-order valence-electron chi connectivity index (χ2n) is 5.17. The van der Waals surface area contributed by atoms with Crippen LogP contribution in [0.15, 0.2) is 18.2 Å². The first-order chi connectivity index (χ1) is 10.9. The van der Waals surface area contributed by atoms with Gasteiger partial charge in [-0.1, -0.05) is 6.42 Å². The minimum Gasteiger partial charge on any atom is -0.465 e. The smallest absolute Gasteiger partial charge is 0.337 e. The van der Waals surface area contributed by atoms with Crippen molar-refractivity contribution in [3.63, 3.8) is 0 Å². The number of rotatable bonds is 8. The van der Waals surface area contributed by atoms with Crippen LogP contribution in [0.3, 0.4) is 0 Å². The molecule has 4 N–H and O–H groups in total. The quantitative estimate of drug-likeness (QED) is 0.502. The van der Waals surface area contributed by atoms with Crippen LogP contribution in [0.4, 0.5) is 10.5 Å². The lowest BCUT2D eigenvalue weighted by atomic mass is 10.1. The standard InChI is InChI=1S/C16H23N3O4/c1-11-10-12(15(21)23-2)7-8-13(11)19-14(20)6-4-3-5-9-18-16(17)22/h7-8,10H,3-6,9H2,1-2H3,(H,19,20)(H3,17,18,22). The normalized spacial score (nSPS) is 10.0. The van der Waals surface area contributed by atoms with Crippen LogP contribution in [-0.2, 0) is 9.53 Å². The molecular formula is C16H23N3O4. The topological polar surface area (TPSA) is 111 Å². The van der Waals surface area contributed by atoms with Crippen molar-refractivity contribution in [3.8, 4) is 0 Å². The molecule has 0 aliphatic carbocycles. The molecule has 126 valence electrons. The molecule has 1 aromatic carbocycles. The maximum Gasteiger partial charge on any atom is 0.337 e. The van der Waals surface area contributed by atoms with E-state index in [0.717, 1.165) is 24.8 Å². The van der Waals surface area contributed by atoms with E-state index in [2.05, 4.69) is 15.4 Å². The van der Waals surface area contributed by atoms with Crippen LogP contribution in [0.2, 0.25) is 0 Å². The molecule has 0 fully saturated rings. The number of nitrogens with two attached hydrogens (primary N) is 1. The van der Waals surface area contributed by atoms with Gasteiger partial charge in [0.1, 0.15) is 0 Å². The summed E-state index contributed by atoms with van der Waals surface area (Å²) in [5.41, 5.74) is 6.88. The largest absolute Gasteiger partial charge is 0.465 e. The molecule has 7 nitrogen and oxygen atoms in total. The van der Waals surface area contributed by atoms with Gasteiger partial charge in [-0.05, 0) is 43.5 Å². The highest BCUT2D eigenvalue weighted by Gasteiger charge is 2.09. The van der Waals surface area contributed by atoms with E-state index in [1.807, 2.05) is 6.92 Å². The Morgan fingerprint density at radius 2 is 1.91 bits per heavy atom. The predicted molar refractivity (Wildman–Crippen MR) is 87.2 cm³/mol. The predicted octanol–water partition coefficient (Wildman–Crippen LogP) is 1.95. The first kappa shape index (κ1) is 18.5. The van der Waals surface area contributed by atoms with Gasteiger partial charge < -0.3 is 21.1 Å². The Morgan fingerprint density at radius 3 is 2.52 bits per heavy atom. The zero-order valence-electron chi connectivity index (χ0n) is 13.5. The molecule has 0 aliphatic rings. The van der Waals surface area contributed by atoms with Crippen molar-refractivity contribution >= 4 is 23.6 Å². The van der Waals surface area contributed by atoms with Gasteiger partial charge in [-0.25, -0.2) is 9.59 Å². The van der Waals surface area contributed by atoms with Gasteiger partial charge in [-0.2, -0.15) is 0 Å². The number of amides is 3. The number of urea groups is 1. The molecule has 1 rings (SSSR count). The van der Waals surface area contributed by atoms with Gasteiger partial charge in [-0.3, -0.25) is 4.79 Å². The van der Waals surface area contributed by atoms with Crippen LogP contribution in [0.5, 0.6) is 0 Å². The zero-order valence-corrected chi connectivity index (χ0v) is 13.5. The molecule has 0 saturated heterocycles. The van der Waals surface area contributed by atoms with Gasteiger partial charge in [0.05, 0.1) is 12.7 Å². The third-order valence-electron chi connectivity index (χ3n) is 3.30. The Bertz CT molecular complexity index is 572. The number of carbonyl (C=O) groups excluding carboxylic acids is 3. The van der Waals surface area contributed by atoms with E-state index in [1.54, 1.807) is 18.2 Å². The molecule has 3 amide bonds. The van der Waals surface area contributed by atoms with Crippen LogP contribution in [-0.4, -0.2) is 31.6 Å². The number of methoxy groups -OCH3 is 1. The molecule has 0 radical (unpaired) electrons. The number of nitrogens with one attached hydrogen (secondary N) is 2. The average Bonchev–Trinajstić information content (AvgIpc) is 2.51. The lowest BCUT2D eigenvalue weighted by Crippen LogP contribution is -2.29.